The van der Waals surface area contributed by atoms with Gasteiger partial charge in [0.25, 0.3) is 5.22 Å². The number of esters is 1. The normalized spacial score (nSPS) is 15.6. The molecule has 27 heavy (non-hydrogen) atoms. The zero-order valence-electron chi connectivity index (χ0n) is 14.4. The first-order valence-corrected chi connectivity index (χ1v) is 10.1. The number of hydrogen-bond acceptors (Lipinski definition) is 8. The maximum absolute atomic E-state index is 13.0. The molecule has 0 aliphatic carbocycles. The summed E-state index contributed by atoms with van der Waals surface area (Å²) in [7, 11) is 0. The average molecular weight is 409 g/mol. The summed E-state index contributed by atoms with van der Waals surface area (Å²) in [6.45, 7) is 2.41. The summed E-state index contributed by atoms with van der Waals surface area (Å²) < 4.78 is 23.4. The fourth-order valence-corrected chi connectivity index (χ4v) is 3.90. The van der Waals surface area contributed by atoms with E-state index < -0.39 is 5.97 Å². The van der Waals surface area contributed by atoms with Crippen LogP contribution >= 0.6 is 23.5 Å². The standard InChI is InChI=1S/C17H16FN3O4S2/c1-2-24-15(23)9-14-21(13(22)10-27-14)7-8-26-17-20-19-16(25-17)11-3-5-12(18)6-4-11/h3-6,9H,2,7-8,10H2,1H3/b14-9-. The van der Waals surface area contributed by atoms with Gasteiger partial charge in [-0.1, -0.05) is 23.5 Å². The first-order chi connectivity index (χ1) is 13.1. The third-order valence-corrected chi connectivity index (χ3v) is 5.30. The largest absolute Gasteiger partial charge is 0.463 e. The van der Waals surface area contributed by atoms with Crippen molar-refractivity contribution in [2.24, 2.45) is 0 Å². The molecule has 1 saturated heterocycles. The fourth-order valence-electron chi connectivity index (χ4n) is 2.26. The molecule has 1 aromatic carbocycles. The Kier molecular flexibility index (Phi) is 6.51. The molecule has 1 fully saturated rings. The van der Waals surface area contributed by atoms with Gasteiger partial charge < -0.3 is 14.1 Å². The van der Waals surface area contributed by atoms with Crippen LogP contribution in [-0.2, 0) is 14.3 Å². The summed E-state index contributed by atoms with van der Waals surface area (Å²) in [5.74, 6) is 0.241. The molecule has 0 spiro atoms. The van der Waals surface area contributed by atoms with Crippen molar-refractivity contribution in [3.05, 3.63) is 41.2 Å². The van der Waals surface area contributed by atoms with Gasteiger partial charge in [-0.2, -0.15) is 0 Å². The number of halogens is 1. The van der Waals surface area contributed by atoms with Gasteiger partial charge in [0.15, 0.2) is 0 Å². The first kappa shape index (κ1) is 19.4. The minimum Gasteiger partial charge on any atom is -0.463 e. The third-order valence-electron chi connectivity index (χ3n) is 3.48. The third kappa shape index (κ3) is 5.10. The molecule has 0 saturated carbocycles. The highest BCUT2D eigenvalue weighted by atomic mass is 32.2. The van der Waals surface area contributed by atoms with E-state index in [1.807, 2.05) is 0 Å². The SMILES string of the molecule is CCOC(=O)/C=C1\SCC(=O)N1CCSc1nnc(-c2ccc(F)cc2)o1. The smallest absolute Gasteiger partial charge is 0.333 e. The summed E-state index contributed by atoms with van der Waals surface area (Å²) in [5, 5.41) is 8.82. The van der Waals surface area contributed by atoms with Crippen molar-refractivity contribution in [3.63, 3.8) is 0 Å². The molecule has 10 heteroatoms. The van der Waals surface area contributed by atoms with Crippen LogP contribution < -0.4 is 0 Å². The number of carbonyl (C=O) groups is 2. The van der Waals surface area contributed by atoms with Gasteiger partial charge in [-0.05, 0) is 31.2 Å². The molecule has 0 atom stereocenters. The number of aromatic nitrogens is 2. The maximum Gasteiger partial charge on any atom is 0.333 e. The van der Waals surface area contributed by atoms with Crippen LogP contribution in [0.5, 0.6) is 0 Å². The zero-order valence-corrected chi connectivity index (χ0v) is 16.0. The van der Waals surface area contributed by atoms with Crippen molar-refractivity contribution in [1.82, 2.24) is 15.1 Å². The molecule has 7 nitrogen and oxygen atoms in total. The van der Waals surface area contributed by atoms with Crippen molar-refractivity contribution in [2.75, 3.05) is 24.7 Å². The summed E-state index contributed by atoms with van der Waals surface area (Å²) in [5.41, 5.74) is 0.626. The van der Waals surface area contributed by atoms with E-state index in [4.69, 9.17) is 9.15 Å². The Labute approximate surface area is 163 Å². The highest BCUT2D eigenvalue weighted by Crippen LogP contribution is 2.30. The lowest BCUT2D eigenvalue weighted by Crippen LogP contribution is -2.27. The van der Waals surface area contributed by atoms with Crippen molar-refractivity contribution in [1.29, 1.82) is 0 Å². The Morgan fingerprint density at radius 1 is 1.41 bits per heavy atom. The second-order valence-corrected chi connectivity index (χ2v) is 7.34. The van der Waals surface area contributed by atoms with E-state index >= 15 is 0 Å². The number of amides is 1. The van der Waals surface area contributed by atoms with Crippen molar-refractivity contribution < 1.29 is 23.1 Å². The molecule has 0 unspecified atom stereocenters. The number of hydrogen-bond donors (Lipinski definition) is 0. The minimum atomic E-state index is -0.465. The number of thioether (sulfide) groups is 2. The van der Waals surface area contributed by atoms with Gasteiger partial charge in [-0.25, -0.2) is 9.18 Å². The van der Waals surface area contributed by atoms with E-state index in [2.05, 4.69) is 10.2 Å². The van der Waals surface area contributed by atoms with Crippen LogP contribution in [0.4, 0.5) is 4.39 Å². The number of nitrogens with zero attached hydrogens (tertiary/aromatic N) is 3. The summed E-state index contributed by atoms with van der Waals surface area (Å²) in [4.78, 5) is 25.1. The van der Waals surface area contributed by atoms with Crippen LogP contribution in [0.2, 0.25) is 0 Å². The van der Waals surface area contributed by atoms with Crippen LogP contribution in [0, 0.1) is 5.82 Å². The average Bonchev–Trinajstić information content (AvgIpc) is 3.24. The van der Waals surface area contributed by atoms with Crippen molar-refractivity contribution in [3.8, 4) is 11.5 Å². The lowest BCUT2D eigenvalue weighted by molar-refractivity contribution is -0.137. The molecule has 142 valence electrons. The Balaban J connectivity index is 1.56. The molecule has 1 aliphatic rings. The van der Waals surface area contributed by atoms with E-state index in [1.54, 1.807) is 24.0 Å². The Morgan fingerprint density at radius 2 is 2.19 bits per heavy atom. The van der Waals surface area contributed by atoms with Crippen LogP contribution in [0.15, 0.2) is 45.0 Å². The quantitative estimate of drug-likeness (QED) is 0.392. The Morgan fingerprint density at radius 3 is 2.93 bits per heavy atom. The van der Waals surface area contributed by atoms with Crippen LogP contribution in [0.25, 0.3) is 11.5 Å². The summed E-state index contributed by atoms with van der Waals surface area (Å²) >= 11 is 2.61. The molecule has 2 aromatic rings. The van der Waals surface area contributed by atoms with Crippen molar-refractivity contribution in [2.45, 2.75) is 12.1 Å². The summed E-state index contributed by atoms with van der Waals surface area (Å²) in [6.07, 6.45) is 1.34. The molecule has 1 aliphatic heterocycles. The van der Waals surface area contributed by atoms with Gasteiger partial charge in [0.2, 0.25) is 11.8 Å². The highest BCUT2D eigenvalue weighted by molar-refractivity contribution is 8.04. The van der Waals surface area contributed by atoms with Gasteiger partial charge in [0, 0.05) is 17.9 Å². The number of benzene rings is 1. The van der Waals surface area contributed by atoms with Gasteiger partial charge in [-0.15, -0.1) is 10.2 Å². The van der Waals surface area contributed by atoms with E-state index in [9.17, 15) is 14.0 Å². The predicted molar refractivity (Wildman–Crippen MR) is 99.3 cm³/mol. The molecule has 0 radical (unpaired) electrons. The predicted octanol–water partition coefficient (Wildman–Crippen LogP) is 2.95. The van der Waals surface area contributed by atoms with Gasteiger partial charge in [0.05, 0.1) is 23.5 Å². The number of rotatable bonds is 7. The van der Waals surface area contributed by atoms with Gasteiger partial charge >= 0.3 is 5.97 Å². The van der Waals surface area contributed by atoms with Gasteiger partial charge in [-0.3, -0.25) is 4.79 Å². The van der Waals surface area contributed by atoms with Crippen LogP contribution in [0.1, 0.15) is 6.92 Å². The van der Waals surface area contributed by atoms with Crippen LogP contribution in [-0.4, -0.2) is 51.6 Å². The zero-order chi connectivity index (χ0) is 19.2. The van der Waals surface area contributed by atoms with E-state index in [0.717, 1.165) is 0 Å². The molecule has 0 bridgehead atoms. The Hall–Kier alpha value is -2.33. The minimum absolute atomic E-state index is 0.0614. The molecule has 2 heterocycles. The lowest BCUT2D eigenvalue weighted by atomic mass is 10.2. The van der Waals surface area contributed by atoms with Crippen molar-refractivity contribution >= 4 is 35.4 Å². The monoisotopic (exact) mass is 409 g/mol. The fraction of sp³-hybridized carbons (Fsp3) is 0.294. The number of ether oxygens (including phenoxy) is 1. The lowest BCUT2D eigenvalue weighted by Gasteiger charge is -2.15. The molecular formula is C17H16FN3O4S2. The first-order valence-electron chi connectivity index (χ1n) is 8.10. The van der Waals surface area contributed by atoms with Crippen LogP contribution in [0.3, 0.4) is 0 Å². The molecule has 1 aromatic heterocycles. The van der Waals surface area contributed by atoms with E-state index in [1.165, 1.54) is 41.7 Å². The van der Waals surface area contributed by atoms with E-state index in [-0.39, 0.29) is 18.3 Å². The van der Waals surface area contributed by atoms with Gasteiger partial charge in [0.1, 0.15) is 5.82 Å². The topological polar surface area (TPSA) is 85.5 Å². The summed E-state index contributed by atoms with van der Waals surface area (Å²) in [6, 6.07) is 5.76. The molecular weight excluding hydrogens is 393 g/mol. The second-order valence-electron chi connectivity index (χ2n) is 5.30. The van der Waals surface area contributed by atoms with E-state index in [0.29, 0.717) is 39.8 Å². The molecule has 0 N–H and O–H groups in total. The molecule has 1 amide bonds. The highest BCUT2D eigenvalue weighted by Gasteiger charge is 2.27. The molecule has 3 rings (SSSR count). The second kappa shape index (κ2) is 9.05. The number of carbonyl (C=O) groups excluding carboxylic acids is 2. The maximum atomic E-state index is 13.0. The Bertz CT molecular complexity index is 854.